The number of amides is 1. The summed E-state index contributed by atoms with van der Waals surface area (Å²) in [5.41, 5.74) is 0.859. The largest absolute Gasteiger partial charge is 0.495 e. The van der Waals surface area contributed by atoms with E-state index in [2.05, 4.69) is 15.0 Å². The summed E-state index contributed by atoms with van der Waals surface area (Å²) in [5.74, 6) is -0.381. The number of benzene rings is 1. The Morgan fingerprint density at radius 2 is 2.05 bits per heavy atom. The van der Waals surface area contributed by atoms with Gasteiger partial charge in [-0.3, -0.25) is 10.1 Å². The molecule has 22 heavy (non-hydrogen) atoms. The van der Waals surface area contributed by atoms with Crippen molar-refractivity contribution in [2.45, 2.75) is 6.92 Å². The summed E-state index contributed by atoms with van der Waals surface area (Å²) in [6, 6.07) is 4.68. The lowest BCUT2D eigenvalue weighted by atomic mass is 10.2. The molecule has 0 aliphatic rings. The predicted octanol–water partition coefficient (Wildman–Crippen LogP) is 3.15. The van der Waals surface area contributed by atoms with Gasteiger partial charge in [-0.15, -0.1) is 0 Å². The van der Waals surface area contributed by atoms with E-state index in [0.717, 1.165) is 11.3 Å². The Kier molecular flexibility index (Phi) is 4.99. The Balaban J connectivity index is 2.19. The maximum Gasteiger partial charge on any atom is 0.350 e. The average molecular weight is 341 g/mol. The van der Waals surface area contributed by atoms with Crippen LogP contribution in [0.4, 0.5) is 5.13 Å². The van der Waals surface area contributed by atoms with Crippen LogP contribution in [0.15, 0.2) is 18.2 Å². The predicted molar refractivity (Wildman–Crippen MR) is 84.1 cm³/mol. The summed E-state index contributed by atoms with van der Waals surface area (Å²) in [4.78, 5) is 28.2. The van der Waals surface area contributed by atoms with Crippen LogP contribution in [-0.4, -0.2) is 31.1 Å². The molecule has 0 spiro atoms. The van der Waals surface area contributed by atoms with Gasteiger partial charge in [0.1, 0.15) is 10.6 Å². The van der Waals surface area contributed by atoms with Crippen molar-refractivity contribution in [1.82, 2.24) is 4.98 Å². The summed E-state index contributed by atoms with van der Waals surface area (Å²) >= 11 is 7.04. The number of nitrogens with zero attached hydrogens (tertiary/aromatic N) is 1. The molecule has 0 saturated heterocycles. The van der Waals surface area contributed by atoms with Crippen LogP contribution in [0.1, 0.15) is 25.7 Å². The molecule has 0 atom stereocenters. The van der Waals surface area contributed by atoms with Gasteiger partial charge in [-0.25, -0.2) is 9.78 Å². The Morgan fingerprint density at radius 1 is 1.32 bits per heavy atom. The highest BCUT2D eigenvalue weighted by molar-refractivity contribution is 7.17. The van der Waals surface area contributed by atoms with Crippen LogP contribution < -0.4 is 10.1 Å². The van der Waals surface area contributed by atoms with Crippen LogP contribution >= 0.6 is 22.9 Å². The number of anilines is 1. The minimum absolute atomic E-state index is 0.315. The molecule has 8 heteroatoms. The molecule has 0 bridgehead atoms. The third kappa shape index (κ3) is 3.37. The van der Waals surface area contributed by atoms with Gasteiger partial charge in [0.15, 0.2) is 5.13 Å². The van der Waals surface area contributed by atoms with Crippen LogP contribution in [-0.2, 0) is 4.74 Å². The average Bonchev–Trinajstić information content (AvgIpc) is 2.86. The summed E-state index contributed by atoms with van der Waals surface area (Å²) in [5, 5.41) is 3.27. The molecule has 0 fully saturated rings. The van der Waals surface area contributed by atoms with Gasteiger partial charge in [0.05, 0.1) is 24.9 Å². The van der Waals surface area contributed by atoms with E-state index < -0.39 is 5.97 Å². The molecule has 0 aliphatic heterocycles. The number of halogens is 1. The van der Waals surface area contributed by atoms with Crippen LogP contribution in [0, 0.1) is 6.92 Å². The molecule has 1 heterocycles. The number of carbonyl (C=O) groups is 2. The zero-order valence-corrected chi connectivity index (χ0v) is 13.7. The lowest BCUT2D eigenvalue weighted by molar-refractivity contribution is 0.0605. The summed E-state index contributed by atoms with van der Waals surface area (Å²) < 4.78 is 9.68. The highest BCUT2D eigenvalue weighted by Gasteiger charge is 2.17. The van der Waals surface area contributed by atoms with Crippen molar-refractivity contribution in [2.24, 2.45) is 0 Å². The highest BCUT2D eigenvalue weighted by Crippen LogP contribution is 2.27. The molecule has 0 unspecified atom stereocenters. The fourth-order valence-electron chi connectivity index (χ4n) is 1.71. The van der Waals surface area contributed by atoms with Gasteiger partial charge in [0.2, 0.25) is 0 Å². The highest BCUT2D eigenvalue weighted by atomic mass is 35.5. The maximum absolute atomic E-state index is 12.2. The summed E-state index contributed by atoms with van der Waals surface area (Å²) in [6.07, 6.45) is 0. The molecule has 0 saturated carbocycles. The van der Waals surface area contributed by atoms with E-state index in [4.69, 9.17) is 16.3 Å². The standard InChI is InChI=1S/C14H13ClN2O4S/c1-7-11(13(19)21-3)22-14(16-7)17-12(18)8-4-5-10(20-2)9(15)6-8/h4-6H,1-3H3,(H,16,17,18). The van der Waals surface area contributed by atoms with Gasteiger partial charge < -0.3 is 9.47 Å². The first-order chi connectivity index (χ1) is 10.5. The molecule has 1 aromatic carbocycles. The van der Waals surface area contributed by atoms with E-state index in [1.54, 1.807) is 19.1 Å². The Hall–Kier alpha value is -2.12. The molecule has 2 rings (SSSR count). The molecule has 1 N–H and O–H groups in total. The van der Waals surface area contributed by atoms with Crippen LogP contribution in [0.5, 0.6) is 5.75 Å². The summed E-state index contributed by atoms with van der Waals surface area (Å²) in [6.45, 7) is 1.67. The third-order valence-corrected chi connectivity index (χ3v) is 4.15. The number of aryl methyl sites for hydroxylation is 1. The number of thiazole rings is 1. The van der Waals surface area contributed by atoms with Crippen LogP contribution in [0.2, 0.25) is 5.02 Å². The molecule has 116 valence electrons. The number of esters is 1. The fraction of sp³-hybridized carbons (Fsp3) is 0.214. The van der Waals surface area contributed by atoms with E-state index in [0.29, 0.717) is 32.0 Å². The number of carbonyl (C=O) groups excluding carboxylic acids is 2. The quantitative estimate of drug-likeness (QED) is 0.865. The second-order valence-electron chi connectivity index (χ2n) is 4.23. The second-order valence-corrected chi connectivity index (χ2v) is 5.63. The lowest BCUT2D eigenvalue weighted by Crippen LogP contribution is -2.11. The number of aromatic nitrogens is 1. The molecule has 0 radical (unpaired) electrons. The van der Waals surface area contributed by atoms with Crippen molar-refractivity contribution in [2.75, 3.05) is 19.5 Å². The van der Waals surface area contributed by atoms with Crippen LogP contribution in [0.3, 0.4) is 0 Å². The Bertz CT molecular complexity index is 730. The van der Waals surface area contributed by atoms with E-state index >= 15 is 0 Å². The van der Waals surface area contributed by atoms with E-state index in [9.17, 15) is 9.59 Å². The van der Waals surface area contributed by atoms with Crippen molar-refractivity contribution in [3.63, 3.8) is 0 Å². The molecule has 1 amide bonds. The van der Waals surface area contributed by atoms with Crippen molar-refractivity contribution >= 4 is 39.9 Å². The van der Waals surface area contributed by atoms with Gasteiger partial charge in [-0.05, 0) is 25.1 Å². The SMILES string of the molecule is COC(=O)c1sc(NC(=O)c2ccc(OC)c(Cl)c2)nc1C. The minimum Gasteiger partial charge on any atom is -0.495 e. The second kappa shape index (κ2) is 6.76. The topological polar surface area (TPSA) is 77.5 Å². The fourth-order valence-corrected chi connectivity index (χ4v) is 2.85. The zero-order valence-electron chi connectivity index (χ0n) is 12.1. The lowest BCUT2D eigenvalue weighted by Gasteiger charge is -2.05. The van der Waals surface area contributed by atoms with Crippen molar-refractivity contribution in [3.05, 3.63) is 39.4 Å². The first kappa shape index (κ1) is 16.3. The number of hydrogen-bond acceptors (Lipinski definition) is 6. The Morgan fingerprint density at radius 3 is 2.64 bits per heavy atom. The first-order valence-corrected chi connectivity index (χ1v) is 7.36. The van der Waals surface area contributed by atoms with Crippen molar-refractivity contribution < 1.29 is 19.1 Å². The van der Waals surface area contributed by atoms with Crippen molar-refractivity contribution in [1.29, 1.82) is 0 Å². The van der Waals surface area contributed by atoms with E-state index in [-0.39, 0.29) is 5.91 Å². The number of nitrogens with one attached hydrogen (secondary N) is 1. The monoisotopic (exact) mass is 340 g/mol. The molecule has 6 nitrogen and oxygen atoms in total. The number of rotatable bonds is 4. The third-order valence-electron chi connectivity index (χ3n) is 2.80. The molecule has 1 aromatic heterocycles. The number of hydrogen-bond donors (Lipinski definition) is 1. The minimum atomic E-state index is -0.483. The molecule has 2 aromatic rings. The van der Waals surface area contributed by atoms with Gasteiger partial charge in [0, 0.05) is 5.56 Å². The van der Waals surface area contributed by atoms with Crippen LogP contribution in [0.25, 0.3) is 0 Å². The van der Waals surface area contributed by atoms with E-state index in [1.165, 1.54) is 20.3 Å². The van der Waals surface area contributed by atoms with Crippen molar-refractivity contribution in [3.8, 4) is 5.75 Å². The van der Waals surface area contributed by atoms with Gasteiger partial charge >= 0.3 is 5.97 Å². The smallest absolute Gasteiger partial charge is 0.350 e. The first-order valence-electron chi connectivity index (χ1n) is 6.17. The number of methoxy groups -OCH3 is 2. The molecular weight excluding hydrogens is 328 g/mol. The van der Waals surface area contributed by atoms with Gasteiger partial charge in [-0.2, -0.15) is 0 Å². The number of ether oxygens (including phenoxy) is 2. The normalized spacial score (nSPS) is 10.2. The van der Waals surface area contributed by atoms with Gasteiger partial charge in [-0.1, -0.05) is 22.9 Å². The Labute approximate surface area is 136 Å². The molecular formula is C14H13ClN2O4S. The van der Waals surface area contributed by atoms with Gasteiger partial charge in [0.25, 0.3) is 5.91 Å². The maximum atomic E-state index is 12.2. The summed E-state index contributed by atoms with van der Waals surface area (Å²) in [7, 11) is 2.78. The molecule has 0 aliphatic carbocycles. The zero-order chi connectivity index (χ0) is 16.3. The van der Waals surface area contributed by atoms with E-state index in [1.807, 2.05) is 0 Å².